The van der Waals surface area contributed by atoms with Crippen LogP contribution in [0.4, 0.5) is 0 Å². The molecule has 0 atom stereocenters. The van der Waals surface area contributed by atoms with Crippen molar-refractivity contribution in [1.29, 1.82) is 5.26 Å². The van der Waals surface area contributed by atoms with Crippen LogP contribution in [0.2, 0.25) is 0 Å². The van der Waals surface area contributed by atoms with Gasteiger partial charge in [0.05, 0.1) is 6.07 Å². The van der Waals surface area contributed by atoms with Gasteiger partial charge in [0.1, 0.15) is 0 Å². The maximum Gasteiger partial charge on any atom is 0.188 e. The highest BCUT2D eigenvalue weighted by Gasteiger charge is 2.42. The predicted octanol–water partition coefficient (Wildman–Crippen LogP) is 0.214. The Morgan fingerprint density at radius 1 is 1.75 bits per heavy atom. The summed E-state index contributed by atoms with van der Waals surface area (Å²) in [5, 5.41) is 11.5. The Kier molecular flexibility index (Phi) is 2.54. The number of guanidine groups is 1. The van der Waals surface area contributed by atoms with E-state index in [2.05, 4.69) is 16.4 Å². The van der Waals surface area contributed by atoms with Crippen LogP contribution in [0.5, 0.6) is 0 Å². The Labute approximate surface area is 72.5 Å². The van der Waals surface area contributed by atoms with E-state index >= 15 is 0 Å². The zero-order chi connectivity index (χ0) is 9.03. The number of hydrogen-bond donors (Lipinski definition) is 2. The molecule has 4 heteroatoms. The lowest BCUT2D eigenvalue weighted by Crippen LogP contribution is -2.35. The molecule has 1 rings (SSSR count). The van der Waals surface area contributed by atoms with Crippen LogP contribution < -0.4 is 11.1 Å². The Hall–Kier alpha value is -1.24. The van der Waals surface area contributed by atoms with Crippen molar-refractivity contribution in [3.05, 3.63) is 0 Å². The highest BCUT2D eigenvalue weighted by atomic mass is 15.1. The van der Waals surface area contributed by atoms with E-state index < -0.39 is 0 Å². The van der Waals surface area contributed by atoms with Crippen LogP contribution in [0.1, 0.15) is 19.3 Å². The number of nitrogens with zero attached hydrogens (tertiary/aromatic N) is 2. The van der Waals surface area contributed by atoms with E-state index in [0.29, 0.717) is 12.4 Å². The average Bonchev–Trinajstić information content (AvgIpc) is 2.82. The van der Waals surface area contributed by atoms with Gasteiger partial charge in [-0.1, -0.05) is 0 Å². The second-order valence-electron chi connectivity index (χ2n) is 3.30. The summed E-state index contributed by atoms with van der Waals surface area (Å²) in [5.74, 6) is 0.458. The summed E-state index contributed by atoms with van der Waals surface area (Å²) in [7, 11) is 1.65. The molecule has 0 radical (unpaired) electrons. The zero-order valence-corrected chi connectivity index (χ0v) is 7.30. The van der Waals surface area contributed by atoms with Crippen LogP contribution in [0.15, 0.2) is 4.99 Å². The first-order valence-corrected chi connectivity index (χ1v) is 4.05. The molecule has 0 heterocycles. The molecule has 1 fully saturated rings. The summed E-state index contributed by atoms with van der Waals surface area (Å²) < 4.78 is 0. The second kappa shape index (κ2) is 3.44. The Bertz CT molecular complexity index is 222. The smallest absolute Gasteiger partial charge is 0.188 e. The van der Waals surface area contributed by atoms with Gasteiger partial charge >= 0.3 is 0 Å². The fourth-order valence-corrected chi connectivity index (χ4v) is 1.12. The van der Waals surface area contributed by atoms with Crippen molar-refractivity contribution in [2.75, 3.05) is 13.6 Å². The Balaban J connectivity index is 2.28. The summed E-state index contributed by atoms with van der Waals surface area (Å²) in [5.41, 5.74) is 5.66. The third kappa shape index (κ3) is 2.12. The summed E-state index contributed by atoms with van der Waals surface area (Å²) in [4.78, 5) is 3.78. The second-order valence-corrected chi connectivity index (χ2v) is 3.30. The monoisotopic (exact) mass is 166 g/mol. The first kappa shape index (κ1) is 8.85. The number of nitriles is 1. The lowest BCUT2D eigenvalue weighted by atomic mass is 10.0. The van der Waals surface area contributed by atoms with Crippen LogP contribution in [-0.4, -0.2) is 19.6 Å². The van der Waals surface area contributed by atoms with Crippen LogP contribution in [0, 0.1) is 16.7 Å². The molecule has 0 aromatic carbocycles. The average molecular weight is 166 g/mol. The predicted molar refractivity (Wildman–Crippen MR) is 47.4 cm³/mol. The summed E-state index contributed by atoms with van der Waals surface area (Å²) in [6.45, 7) is 0.781. The molecular formula is C8H14N4. The maximum absolute atomic E-state index is 8.53. The van der Waals surface area contributed by atoms with Crippen molar-refractivity contribution < 1.29 is 0 Å². The molecule has 0 saturated heterocycles. The van der Waals surface area contributed by atoms with E-state index in [-0.39, 0.29) is 5.41 Å². The Morgan fingerprint density at radius 2 is 2.42 bits per heavy atom. The SMILES string of the molecule is CN=C(N)NCC1(CC#N)CC1. The minimum Gasteiger partial charge on any atom is -0.370 e. The molecule has 0 bridgehead atoms. The van der Waals surface area contributed by atoms with Crippen molar-refractivity contribution in [3.63, 3.8) is 0 Å². The molecule has 0 aliphatic heterocycles. The maximum atomic E-state index is 8.53. The molecule has 0 spiro atoms. The van der Waals surface area contributed by atoms with Gasteiger partial charge in [-0.05, 0) is 12.8 Å². The van der Waals surface area contributed by atoms with Crippen LogP contribution in [0.25, 0.3) is 0 Å². The van der Waals surface area contributed by atoms with E-state index in [1.54, 1.807) is 7.05 Å². The molecule has 0 aromatic heterocycles. The van der Waals surface area contributed by atoms with Gasteiger partial charge in [-0.2, -0.15) is 5.26 Å². The van der Waals surface area contributed by atoms with Gasteiger partial charge in [0.25, 0.3) is 0 Å². The molecular weight excluding hydrogens is 152 g/mol. The first-order valence-electron chi connectivity index (χ1n) is 4.05. The molecule has 0 unspecified atom stereocenters. The largest absolute Gasteiger partial charge is 0.370 e. The van der Waals surface area contributed by atoms with Gasteiger partial charge in [-0.15, -0.1) is 0 Å². The van der Waals surface area contributed by atoms with Crippen molar-refractivity contribution in [1.82, 2.24) is 5.32 Å². The first-order chi connectivity index (χ1) is 5.72. The number of nitrogens with one attached hydrogen (secondary N) is 1. The summed E-state index contributed by atoms with van der Waals surface area (Å²) in [6, 6.07) is 2.19. The van der Waals surface area contributed by atoms with Crippen molar-refractivity contribution in [3.8, 4) is 6.07 Å². The molecule has 66 valence electrons. The molecule has 0 amide bonds. The number of rotatable bonds is 3. The molecule has 12 heavy (non-hydrogen) atoms. The quantitative estimate of drug-likeness (QED) is 0.465. The van der Waals surface area contributed by atoms with Gasteiger partial charge in [0.2, 0.25) is 0 Å². The van der Waals surface area contributed by atoms with Crippen LogP contribution >= 0.6 is 0 Å². The molecule has 1 saturated carbocycles. The molecule has 4 nitrogen and oxygen atoms in total. The normalized spacial score (nSPS) is 19.8. The number of aliphatic imine (C=N–C) groups is 1. The van der Waals surface area contributed by atoms with Crippen LogP contribution in [-0.2, 0) is 0 Å². The standard InChI is InChI=1S/C8H14N4/c1-11-7(10)12-6-8(2-3-8)4-5-9/h2-4,6H2,1H3,(H3,10,11,12). The minimum atomic E-state index is 0.198. The Morgan fingerprint density at radius 3 is 2.83 bits per heavy atom. The van der Waals surface area contributed by atoms with Gasteiger partial charge in [0.15, 0.2) is 5.96 Å². The van der Waals surface area contributed by atoms with E-state index in [0.717, 1.165) is 19.4 Å². The fraction of sp³-hybridized carbons (Fsp3) is 0.750. The third-order valence-corrected chi connectivity index (χ3v) is 2.30. The van der Waals surface area contributed by atoms with Gasteiger partial charge in [0, 0.05) is 25.4 Å². The fourth-order valence-electron chi connectivity index (χ4n) is 1.12. The van der Waals surface area contributed by atoms with Crippen molar-refractivity contribution in [2.24, 2.45) is 16.1 Å². The lowest BCUT2D eigenvalue weighted by molar-refractivity contribution is 0.510. The molecule has 0 aromatic rings. The molecule has 1 aliphatic rings. The van der Waals surface area contributed by atoms with Gasteiger partial charge < -0.3 is 11.1 Å². The highest BCUT2D eigenvalue weighted by Crippen LogP contribution is 2.47. The van der Waals surface area contributed by atoms with Crippen molar-refractivity contribution >= 4 is 5.96 Å². The van der Waals surface area contributed by atoms with Crippen LogP contribution in [0.3, 0.4) is 0 Å². The third-order valence-electron chi connectivity index (χ3n) is 2.30. The zero-order valence-electron chi connectivity index (χ0n) is 7.30. The number of hydrogen-bond acceptors (Lipinski definition) is 2. The highest BCUT2D eigenvalue weighted by molar-refractivity contribution is 5.77. The van der Waals surface area contributed by atoms with Crippen molar-refractivity contribution in [2.45, 2.75) is 19.3 Å². The summed E-state index contributed by atoms with van der Waals surface area (Å²) >= 11 is 0. The molecule has 3 N–H and O–H groups in total. The van der Waals surface area contributed by atoms with E-state index in [4.69, 9.17) is 11.0 Å². The van der Waals surface area contributed by atoms with E-state index in [1.807, 2.05) is 0 Å². The number of nitrogens with two attached hydrogens (primary N) is 1. The lowest BCUT2D eigenvalue weighted by Gasteiger charge is -2.11. The molecule has 1 aliphatic carbocycles. The topological polar surface area (TPSA) is 74.2 Å². The van der Waals surface area contributed by atoms with Gasteiger partial charge in [-0.25, -0.2) is 0 Å². The minimum absolute atomic E-state index is 0.198. The van der Waals surface area contributed by atoms with Gasteiger partial charge in [-0.3, -0.25) is 4.99 Å². The summed E-state index contributed by atoms with van der Waals surface area (Å²) in [6.07, 6.45) is 2.88. The van der Waals surface area contributed by atoms with E-state index in [9.17, 15) is 0 Å². The van der Waals surface area contributed by atoms with E-state index in [1.165, 1.54) is 0 Å².